The molecule has 1 aromatic heterocycles. The normalized spacial score (nSPS) is 17.8. The van der Waals surface area contributed by atoms with Crippen LogP contribution in [0, 0.1) is 5.92 Å². The van der Waals surface area contributed by atoms with Gasteiger partial charge in [-0.3, -0.25) is 19.7 Å². The molecule has 1 saturated heterocycles. The van der Waals surface area contributed by atoms with Crippen LogP contribution in [0.25, 0.3) is 0 Å². The fourth-order valence-electron chi connectivity index (χ4n) is 2.99. The Morgan fingerprint density at radius 3 is 2.62 bits per heavy atom. The fourth-order valence-corrected chi connectivity index (χ4v) is 3.81. The third-order valence-corrected chi connectivity index (χ3v) is 5.36. The molecule has 6 nitrogen and oxygen atoms in total. The van der Waals surface area contributed by atoms with Gasteiger partial charge in [0.15, 0.2) is 0 Å². The molecule has 1 aliphatic rings. The zero-order valence-corrected chi connectivity index (χ0v) is 14.9. The average Bonchev–Trinajstić information content (AvgIpc) is 3.25. The number of hydrogen-bond donors (Lipinski definition) is 3. The molecule has 7 heteroatoms. The summed E-state index contributed by atoms with van der Waals surface area (Å²) in [7, 11) is 0. The molecule has 26 heavy (non-hydrogen) atoms. The lowest BCUT2D eigenvalue weighted by molar-refractivity contribution is -0.125. The van der Waals surface area contributed by atoms with Crippen molar-refractivity contribution in [1.82, 2.24) is 10.6 Å². The van der Waals surface area contributed by atoms with E-state index in [9.17, 15) is 19.5 Å². The summed E-state index contributed by atoms with van der Waals surface area (Å²) < 4.78 is 0. The molecule has 1 fully saturated rings. The minimum atomic E-state index is -0.338. The number of rotatable bonds is 7. The van der Waals surface area contributed by atoms with Gasteiger partial charge in [0.2, 0.25) is 11.8 Å². The standard InChI is InChI=1S/C19H20N2O4S/c22-8-7-15(16-2-1-9-26-16)20-18(24)13-5-3-12(4-6-13)10-14-11-17(23)21-19(14)25/h1-6,9,14-15,22H,7-8,10-11H2,(H,20,24)(H,21,23,25)/t14-,15-/m0/s1. The minimum Gasteiger partial charge on any atom is -0.396 e. The number of amides is 3. The monoisotopic (exact) mass is 372 g/mol. The summed E-state index contributed by atoms with van der Waals surface area (Å²) in [5, 5.41) is 16.4. The van der Waals surface area contributed by atoms with E-state index in [1.165, 1.54) is 11.3 Å². The van der Waals surface area contributed by atoms with Crippen LogP contribution >= 0.6 is 11.3 Å². The summed E-state index contributed by atoms with van der Waals surface area (Å²) >= 11 is 1.54. The highest BCUT2D eigenvalue weighted by molar-refractivity contribution is 7.10. The van der Waals surface area contributed by atoms with E-state index in [4.69, 9.17) is 0 Å². The van der Waals surface area contributed by atoms with Crippen molar-refractivity contribution in [3.05, 3.63) is 57.8 Å². The van der Waals surface area contributed by atoms with Gasteiger partial charge in [0, 0.05) is 23.5 Å². The van der Waals surface area contributed by atoms with Gasteiger partial charge in [0.05, 0.1) is 12.0 Å². The van der Waals surface area contributed by atoms with Gasteiger partial charge in [0.25, 0.3) is 5.91 Å². The third-order valence-electron chi connectivity index (χ3n) is 4.37. The van der Waals surface area contributed by atoms with E-state index in [0.717, 1.165) is 10.4 Å². The van der Waals surface area contributed by atoms with Crippen LogP contribution in [0.15, 0.2) is 41.8 Å². The SMILES string of the molecule is O=C1C[C@H](Cc2ccc(C(=O)N[C@@H](CCO)c3cccs3)cc2)C(=O)N1. The van der Waals surface area contributed by atoms with Crippen LogP contribution in [0.4, 0.5) is 0 Å². The summed E-state index contributed by atoms with van der Waals surface area (Å²) in [6, 6.07) is 10.7. The molecule has 1 aliphatic heterocycles. The molecule has 0 radical (unpaired) electrons. The van der Waals surface area contributed by atoms with Crippen molar-refractivity contribution in [2.45, 2.75) is 25.3 Å². The highest BCUT2D eigenvalue weighted by Crippen LogP contribution is 2.22. The summed E-state index contributed by atoms with van der Waals surface area (Å²) in [5.41, 5.74) is 1.42. The molecule has 1 aromatic carbocycles. The average molecular weight is 372 g/mol. The van der Waals surface area contributed by atoms with Crippen molar-refractivity contribution in [2.75, 3.05) is 6.61 Å². The van der Waals surface area contributed by atoms with Gasteiger partial charge in [-0.15, -0.1) is 11.3 Å². The molecular formula is C19H20N2O4S. The molecule has 3 N–H and O–H groups in total. The van der Waals surface area contributed by atoms with E-state index in [2.05, 4.69) is 10.6 Å². The molecular weight excluding hydrogens is 352 g/mol. The Labute approximate surface area is 155 Å². The highest BCUT2D eigenvalue weighted by Gasteiger charge is 2.30. The van der Waals surface area contributed by atoms with Crippen molar-refractivity contribution < 1.29 is 19.5 Å². The molecule has 2 aromatic rings. The first kappa shape index (κ1) is 18.3. The van der Waals surface area contributed by atoms with Crippen LogP contribution in [0.3, 0.4) is 0 Å². The Morgan fingerprint density at radius 2 is 2.04 bits per heavy atom. The quantitative estimate of drug-likeness (QED) is 0.646. The molecule has 2 heterocycles. The summed E-state index contributed by atoms with van der Waals surface area (Å²) in [4.78, 5) is 36.4. The zero-order chi connectivity index (χ0) is 18.5. The number of nitrogens with one attached hydrogen (secondary N) is 2. The van der Waals surface area contributed by atoms with E-state index in [0.29, 0.717) is 18.4 Å². The van der Waals surface area contributed by atoms with Crippen LogP contribution in [-0.4, -0.2) is 29.4 Å². The summed E-state index contributed by atoms with van der Waals surface area (Å²) in [5.74, 6) is -1.02. The minimum absolute atomic E-state index is 0.00996. The maximum Gasteiger partial charge on any atom is 0.251 e. The summed E-state index contributed by atoms with van der Waals surface area (Å²) in [6.45, 7) is -0.00996. The van der Waals surface area contributed by atoms with Gasteiger partial charge in [-0.2, -0.15) is 0 Å². The van der Waals surface area contributed by atoms with Crippen molar-refractivity contribution in [3.63, 3.8) is 0 Å². The maximum atomic E-state index is 12.5. The fraction of sp³-hybridized carbons (Fsp3) is 0.316. The highest BCUT2D eigenvalue weighted by atomic mass is 32.1. The maximum absolute atomic E-state index is 12.5. The second-order valence-corrected chi connectivity index (χ2v) is 7.25. The number of thiophene rings is 1. The number of carbonyl (C=O) groups excluding carboxylic acids is 3. The van der Waals surface area contributed by atoms with Crippen molar-refractivity contribution in [1.29, 1.82) is 0 Å². The van der Waals surface area contributed by atoms with Crippen LogP contribution in [0.1, 0.15) is 39.7 Å². The smallest absolute Gasteiger partial charge is 0.251 e. The van der Waals surface area contributed by atoms with Gasteiger partial charge in [0.1, 0.15) is 0 Å². The van der Waals surface area contributed by atoms with E-state index >= 15 is 0 Å². The van der Waals surface area contributed by atoms with E-state index in [1.54, 1.807) is 24.3 Å². The number of aliphatic hydroxyl groups excluding tert-OH is 1. The van der Waals surface area contributed by atoms with Crippen molar-refractivity contribution in [2.24, 2.45) is 5.92 Å². The number of imide groups is 1. The Balaban J connectivity index is 1.63. The molecule has 0 aliphatic carbocycles. The van der Waals surface area contributed by atoms with Crippen LogP contribution in [-0.2, 0) is 16.0 Å². The first-order valence-corrected chi connectivity index (χ1v) is 9.32. The lowest BCUT2D eigenvalue weighted by Gasteiger charge is -2.16. The molecule has 0 bridgehead atoms. The Morgan fingerprint density at radius 1 is 1.27 bits per heavy atom. The van der Waals surface area contributed by atoms with Gasteiger partial charge < -0.3 is 10.4 Å². The lowest BCUT2D eigenvalue weighted by Crippen LogP contribution is -2.28. The first-order valence-electron chi connectivity index (χ1n) is 8.44. The Hall–Kier alpha value is -2.51. The molecule has 0 unspecified atom stereocenters. The first-order chi connectivity index (χ1) is 12.6. The van der Waals surface area contributed by atoms with Gasteiger partial charge in [-0.05, 0) is 42.0 Å². The lowest BCUT2D eigenvalue weighted by atomic mass is 9.97. The van der Waals surface area contributed by atoms with Crippen LogP contribution in [0.5, 0.6) is 0 Å². The van der Waals surface area contributed by atoms with Gasteiger partial charge in [-0.25, -0.2) is 0 Å². The molecule has 2 atom stereocenters. The molecule has 3 rings (SSSR count). The second kappa shape index (κ2) is 8.25. The zero-order valence-electron chi connectivity index (χ0n) is 14.1. The van der Waals surface area contributed by atoms with E-state index in [1.807, 2.05) is 17.5 Å². The largest absolute Gasteiger partial charge is 0.396 e. The molecule has 136 valence electrons. The molecule has 0 spiro atoms. The van der Waals surface area contributed by atoms with Crippen LogP contribution < -0.4 is 10.6 Å². The van der Waals surface area contributed by atoms with E-state index < -0.39 is 0 Å². The second-order valence-electron chi connectivity index (χ2n) is 6.27. The van der Waals surface area contributed by atoms with Gasteiger partial charge >= 0.3 is 0 Å². The summed E-state index contributed by atoms with van der Waals surface area (Å²) in [6.07, 6.45) is 1.14. The predicted molar refractivity (Wildman–Crippen MR) is 97.6 cm³/mol. The predicted octanol–water partition coefficient (Wildman–Crippen LogP) is 1.81. The third kappa shape index (κ3) is 4.36. The number of carbonyl (C=O) groups is 3. The van der Waals surface area contributed by atoms with Gasteiger partial charge in [-0.1, -0.05) is 18.2 Å². The number of aliphatic hydroxyl groups is 1. The molecule has 3 amide bonds. The van der Waals surface area contributed by atoms with Crippen molar-refractivity contribution >= 4 is 29.1 Å². The van der Waals surface area contributed by atoms with Crippen molar-refractivity contribution in [3.8, 4) is 0 Å². The molecule has 0 saturated carbocycles. The van der Waals surface area contributed by atoms with Crippen LogP contribution in [0.2, 0.25) is 0 Å². The number of benzene rings is 1. The van der Waals surface area contributed by atoms with E-state index in [-0.39, 0.29) is 42.7 Å². The Kier molecular flexibility index (Phi) is 5.80. The number of hydrogen-bond acceptors (Lipinski definition) is 5. The topological polar surface area (TPSA) is 95.5 Å². The Bertz CT molecular complexity index is 786.